The number of carbonyl (C=O) groups excluding carboxylic acids is 1. The standard InChI is InChI=1S/C34H31F6N5O3.2C26H25F6N5O/c1-24(26-15-28(33(35,36)37)17-29(16-26)34(38,39)40)48-21-32(27-11-7-4-8-12-27)14-13-31(19-41-2,44-22-42-43-23-44)20-45(32)30(46)47-18-25-9-5-3-6-10-25;2*1-18(19-10-21(25(27,28)29)12-22(11-19)26(30,31)32)38-15-24(20-6-4-3-5-7-20)9-8-23(13-33-2,14-34-24)37-16-35-36-17-37/h3-12,15-17,22-24H,13-14,18-21H2,1H3;2*3-7,10-12,16-18,34H,8-9,13-15H2,1H3/t24-,31?,32-;18-,23+,24-;18-,23-,24-/m111/s1. The van der Waals surface area contributed by atoms with Crippen LogP contribution in [-0.4, -0.2) is 114 Å². The second-order valence-corrected chi connectivity index (χ2v) is 30.7. The highest BCUT2D eigenvalue weighted by Crippen LogP contribution is 2.49. The first kappa shape index (κ1) is 92.9. The summed E-state index contributed by atoms with van der Waals surface area (Å²) >= 11 is 0. The van der Waals surface area contributed by atoms with Crippen LogP contribution in [-0.2, 0) is 95.8 Å². The summed E-state index contributed by atoms with van der Waals surface area (Å²) in [4.78, 5) is 26.4. The lowest BCUT2D eigenvalue weighted by molar-refractivity contribution is -0.145. The van der Waals surface area contributed by atoms with E-state index in [9.17, 15) is 83.8 Å². The van der Waals surface area contributed by atoms with E-state index < -0.39 is 128 Å². The van der Waals surface area contributed by atoms with Gasteiger partial charge in [0, 0.05) is 13.1 Å². The average molecular weight is 1750 g/mol. The molecular weight excluding hydrogens is 1670 g/mol. The first-order valence-corrected chi connectivity index (χ1v) is 38.5. The number of piperidine rings is 3. The Labute approximate surface area is 700 Å². The van der Waals surface area contributed by atoms with Crippen LogP contribution in [0, 0.1) is 19.7 Å². The Morgan fingerprint density at radius 1 is 0.387 bits per heavy atom. The van der Waals surface area contributed by atoms with Crippen molar-refractivity contribution in [2.45, 2.75) is 155 Å². The van der Waals surface area contributed by atoms with Crippen molar-refractivity contribution in [1.82, 2.24) is 59.8 Å². The summed E-state index contributed by atoms with van der Waals surface area (Å²) in [6.45, 7) is 27.3. The number of hydrogen-bond donors (Lipinski definition) is 2. The Morgan fingerprint density at radius 3 is 0.968 bits per heavy atom. The van der Waals surface area contributed by atoms with Crippen LogP contribution in [0.1, 0.15) is 150 Å². The van der Waals surface area contributed by atoms with E-state index in [1.54, 1.807) is 93.6 Å². The molecule has 38 heteroatoms. The molecule has 3 aliphatic rings. The van der Waals surface area contributed by atoms with Gasteiger partial charge in [-0.1, -0.05) is 121 Å². The van der Waals surface area contributed by atoms with Crippen LogP contribution in [0.25, 0.3) is 14.5 Å². The van der Waals surface area contributed by atoms with Crippen molar-refractivity contribution in [3.63, 3.8) is 0 Å². The van der Waals surface area contributed by atoms with E-state index >= 15 is 0 Å². The van der Waals surface area contributed by atoms with Crippen LogP contribution >= 0.6 is 0 Å². The first-order valence-electron chi connectivity index (χ1n) is 38.5. The molecular formula is C86H81F18N15O5. The van der Waals surface area contributed by atoms with Gasteiger partial charge in [0.15, 0.2) is 0 Å². The van der Waals surface area contributed by atoms with Crippen LogP contribution in [0.4, 0.5) is 83.8 Å². The maximum absolute atomic E-state index is 14.1. The van der Waals surface area contributed by atoms with Gasteiger partial charge >= 0.3 is 43.2 Å². The number of halogens is 18. The van der Waals surface area contributed by atoms with Crippen molar-refractivity contribution < 1.29 is 103 Å². The van der Waals surface area contributed by atoms with Gasteiger partial charge in [-0.15, -0.1) is 30.6 Å². The van der Waals surface area contributed by atoms with Gasteiger partial charge < -0.3 is 57.8 Å². The SMILES string of the molecule is [C-]#[N+]CC1(n2cnnc2)CC[C@@](CO[C@H](C)c2cc(C(F)(F)F)cc(C(F)(F)F)c2)(c2ccccc2)N(C(=O)OCc2ccccc2)C1.[C-]#[N+]C[C@@]1(n2cnnc2)CC[C@@](CO[C@H](C)c2cc(C(F)(F)F)cc(C(F)(F)F)c2)(c2ccccc2)NC1.[C-]#[N+]C[C@]1(n2cnnc2)CC[C@@](CO[C@H](C)c2cc(C(F)(F)F)cc(C(F)(F)F)c2)(c2ccccc2)NC1. The summed E-state index contributed by atoms with van der Waals surface area (Å²) in [5.41, 5.74) is -11.3. The Kier molecular flexibility index (Phi) is 28.3. The summed E-state index contributed by atoms with van der Waals surface area (Å²) in [5, 5.41) is 30.2. The molecule has 0 aliphatic carbocycles. The molecule has 3 fully saturated rings. The number of likely N-dealkylation sites (tertiary alicyclic amines) is 1. The van der Waals surface area contributed by atoms with Gasteiger partial charge in [0.05, 0.1) is 94.7 Å². The number of carbonyl (C=O) groups is 1. The molecule has 0 bridgehead atoms. The van der Waals surface area contributed by atoms with E-state index in [-0.39, 0.29) is 93.9 Å². The maximum Gasteiger partial charge on any atom is 0.416 e. The van der Waals surface area contributed by atoms with Crippen LogP contribution in [0.15, 0.2) is 214 Å². The number of alkyl halides is 18. The number of aromatic nitrogens is 9. The minimum absolute atomic E-state index is 0.0218. The summed E-state index contributed by atoms with van der Waals surface area (Å²) in [7, 11) is 0. The molecule has 9 atom stereocenters. The molecule has 656 valence electrons. The van der Waals surface area contributed by atoms with E-state index in [0.29, 0.717) is 92.7 Å². The molecule has 2 N–H and O–H groups in total. The number of nitrogens with zero attached hydrogens (tertiary/aromatic N) is 13. The van der Waals surface area contributed by atoms with Crippen molar-refractivity contribution >= 4 is 6.09 Å². The predicted molar refractivity (Wildman–Crippen MR) is 412 cm³/mol. The van der Waals surface area contributed by atoms with Crippen molar-refractivity contribution in [3.8, 4) is 0 Å². The lowest BCUT2D eigenvalue weighted by Gasteiger charge is -2.52. The lowest BCUT2D eigenvalue weighted by atomic mass is 9.74. The quantitative estimate of drug-likeness (QED) is 0.0455. The second kappa shape index (κ2) is 37.7. The number of benzene rings is 7. The zero-order chi connectivity index (χ0) is 89.8. The third-order valence-corrected chi connectivity index (χ3v) is 22.9. The third kappa shape index (κ3) is 21.7. The van der Waals surface area contributed by atoms with E-state index in [1.807, 2.05) is 66.7 Å². The van der Waals surface area contributed by atoms with Crippen molar-refractivity contribution in [3.05, 3.63) is 320 Å². The monoisotopic (exact) mass is 1750 g/mol. The van der Waals surface area contributed by atoms with Gasteiger partial charge in [-0.2, -0.15) is 79.0 Å². The average Bonchev–Trinajstić information content (AvgIpc) is 1.30. The molecule has 20 nitrogen and oxygen atoms in total. The van der Waals surface area contributed by atoms with Crippen molar-refractivity contribution in [1.29, 1.82) is 0 Å². The highest BCUT2D eigenvalue weighted by atomic mass is 19.4. The lowest BCUT2D eigenvalue weighted by Crippen LogP contribution is -2.63. The van der Waals surface area contributed by atoms with Crippen LogP contribution in [0.3, 0.4) is 0 Å². The summed E-state index contributed by atoms with van der Waals surface area (Å²) in [5.74, 6) is 0. The molecule has 6 heterocycles. The summed E-state index contributed by atoms with van der Waals surface area (Å²) in [6.07, 6.45) is -22.3. The molecule has 1 amide bonds. The van der Waals surface area contributed by atoms with Gasteiger partial charge in [0.1, 0.15) is 61.2 Å². The minimum Gasteiger partial charge on any atom is -0.445 e. The van der Waals surface area contributed by atoms with Gasteiger partial charge in [-0.05, 0) is 153 Å². The molecule has 1 unspecified atom stereocenters. The Hall–Kier alpha value is -11.8. The highest BCUT2D eigenvalue weighted by molar-refractivity contribution is 5.70. The fourth-order valence-corrected chi connectivity index (χ4v) is 15.6. The second-order valence-electron chi connectivity index (χ2n) is 30.7. The Bertz CT molecular complexity index is 4980. The van der Waals surface area contributed by atoms with Crippen LogP contribution in [0.2, 0.25) is 0 Å². The van der Waals surface area contributed by atoms with Gasteiger partial charge in [0.25, 0.3) is 0 Å². The minimum atomic E-state index is -5.03. The number of rotatable bonds is 23. The molecule has 124 heavy (non-hydrogen) atoms. The molecule has 3 aromatic heterocycles. The predicted octanol–water partition coefficient (Wildman–Crippen LogP) is 20.0. The van der Waals surface area contributed by atoms with Crippen molar-refractivity contribution in [2.24, 2.45) is 0 Å². The fourth-order valence-electron chi connectivity index (χ4n) is 15.6. The van der Waals surface area contributed by atoms with Crippen LogP contribution < -0.4 is 10.6 Å². The molecule has 7 aromatic carbocycles. The molecule has 10 aromatic rings. The number of amides is 1. The maximum atomic E-state index is 14.1. The molecule has 3 aliphatic heterocycles. The molecule has 0 saturated carbocycles. The fraction of sp³-hybridized carbons (Fsp3) is 0.395. The zero-order valence-corrected chi connectivity index (χ0v) is 66.4. The number of ether oxygens (including phenoxy) is 4. The van der Waals surface area contributed by atoms with Gasteiger partial charge in [-0.25, -0.2) is 24.5 Å². The molecule has 3 saturated heterocycles. The summed E-state index contributed by atoms with van der Waals surface area (Å²) in [6, 6.07) is 40.6. The molecule has 0 spiro atoms. The van der Waals surface area contributed by atoms with Gasteiger partial charge in [-0.3, -0.25) is 4.90 Å². The zero-order valence-electron chi connectivity index (χ0n) is 66.4. The smallest absolute Gasteiger partial charge is 0.416 e. The van der Waals surface area contributed by atoms with Gasteiger partial charge in [0.2, 0.25) is 19.6 Å². The topological polar surface area (TPSA) is 186 Å². The van der Waals surface area contributed by atoms with Crippen LogP contribution in [0.5, 0.6) is 0 Å². The largest absolute Gasteiger partial charge is 0.445 e. The van der Waals surface area contributed by atoms with E-state index in [2.05, 4.69) is 55.8 Å². The highest BCUT2D eigenvalue weighted by Gasteiger charge is 2.56. The van der Waals surface area contributed by atoms with E-state index in [0.717, 1.165) is 11.1 Å². The van der Waals surface area contributed by atoms with E-state index in [4.69, 9.17) is 38.7 Å². The van der Waals surface area contributed by atoms with Crippen molar-refractivity contribution in [2.75, 3.05) is 59.1 Å². The summed E-state index contributed by atoms with van der Waals surface area (Å²) < 4.78 is 271. The van der Waals surface area contributed by atoms with E-state index in [1.165, 1.54) is 38.3 Å². The molecule has 0 radical (unpaired) electrons. The normalized spacial score (nSPS) is 22.1. The Morgan fingerprint density at radius 2 is 0.669 bits per heavy atom. The third-order valence-electron chi connectivity index (χ3n) is 22.9. The first-order chi connectivity index (χ1) is 58.5. The number of hydrogen-bond acceptors (Lipinski definition) is 13. The number of nitrogens with one attached hydrogen (secondary N) is 2. The molecule has 13 rings (SSSR count). The Balaban J connectivity index is 0.000000183.